The Bertz CT molecular complexity index is 1520. The quantitative estimate of drug-likeness (QED) is 0.119. The van der Waals surface area contributed by atoms with Crippen LogP contribution in [0, 0.1) is 0 Å². The molecule has 14 heteroatoms. The van der Waals surface area contributed by atoms with Crippen molar-refractivity contribution in [1.29, 1.82) is 0 Å². The SMILES string of the molecule is CC1=NC=C(CO)/C(=C/N[C@@H](Cc2ccccc2)C(=O)O)C1=O.CC1=NC=C(CO)/C(=C/N[C@@H](Cc2ccccc2)C(=O)O)C1=O.[Co].[Na+]. The summed E-state index contributed by atoms with van der Waals surface area (Å²) in [5.41, 5.74) is 3.52. The van der Waals surface area contributed by atoms with Gasteiger partial charge in [0, 0.05) is 76.7 Å². The van der Waals surface area contributed by atoms with Crippen molar-refractivity contribution in [2.24, 2.45) is 9.98 Å². The van der Waals surface area contributed by atoms with E-state index in [1.54, 1.807) is 13.8 Å². The van der Waals surface area contributed by atoms with E-state index in [-0.39, 0.29) is 95.1 Å². The number of carbonyl (C=O) groups is 4. The van der Waals surface area contributed by atoms with Gasteiger partial charge in [-0.15, -0.1) is 0 Å². The number of Topliss-reactive ketones (excluding diaryl/α,β-unsaturated/α-hetero) is 2. The molecule has 2 aromatic carbocycles. The van der Waals surface area contributed by atoms with Gasteiger partial charge in [-0.3, -0.25) is 19.6 Å². The van der Waals surface area contributed by atoms with Gasteiger partial charge in [-0.2, -0.15) is 0 Å². The molecule has 1 radical (unpaired) electrons. The average molecular weight is 711 g/mol. The number of aliphatic hydroxyl groups is 2. The van der Waals surface area contributed by atoms with Crippen molar-refractivity contribution in [2.75, 3.05) is 13.2 Å². The Labute approximate surface area is 310 Å². The van der Waals surface area contributed by atoms with Crippen molar-refractivity contribution >= 4 is 34.9 Å². The minimum absolute atomic E-state index is 0. The van der Waals surface area contributed by atoms with Crippen LogP contribution in [0.25, 0.3) is 0 Å². The van der Waals surface area contributed by atoms with Gasteiger partial charge < -0.3 is 31.1 Å². The van der Waals surface area contributed by atoms with Gasteiger partial charge >= 0.3 is 41.5 Å². The summed E-state index contributed by atoms with van der Waals surface area (Å²) in [5.74, 6) is -2.69. The van der Waals surface area contributed by atoms with Gasteiger partial charge in [0.2, 0.25) is 11.6 Å². The first-order valence-electron chi connectivity index (χ1n) is 14.3. The number of aliphatic hydroxyl groups excluding tert-OH is 2. The number of nitrogens with one attached hydrogen (secondary N) is 2. The van der Waals surface area contributed by atoms with E-state index in [1.165, 1.54) is 24.8 Å². The van der Waals surface area contributed by atoms with Crippen LogP contribution < -0.4 is 40.2 Å². The fourth-order valence-corrected chi connectivity index (χ4v) is 4.36. The van der Waals surface area contributed by atoms with Gasteiger partial charge in [-0.05, 0) is 25.0 Å². The van der Waals surface area contributed by atoms with Crippen LogP contribution in [0.4, 0.5) is 0 Å². The molecule has 48 heavy (non-hydrogen) atoms. The van der Waals surface area contributed by atoms with E-state index in [1.807, 2.05) is 60.7 Å². The number of aliphatic carboxylic acids is 2. The number of hydrogen-bond donors (Lipinski definition) is 6. The molecular formula is C34H36CoN4NaO8+. The number of carboxylic acid groups (broad SMARTS) is 2. The minimum atomic E-state index is -1.02. The molecule has 2 aliphatic rings. The molecule has 0 aromatic heterocycles. The van der Waals surface area contributed by atoms with Crippen LogP contribution in [0.3, 0.4) is 0 Å². The van der Waals surface area contributed by atoms with Crippen LogP contribution in [0.5, 0.6) is 0 Å². The van der Waals surface area contributed by atoms with Crippen LogP contribution in [-0.4, -0.2) is 80.7 Å². The van der Waals surface area contributed by atoms with Crippen molar-refractivity contribution in [1.82, 2.24) is 10.6 Å². The summed E-state index contributed by atoms with van der Waals surface area (Å²) >= 11 is 0. The molecule has 0 saturated heterocycles. The molecule has 249 valence electrons. The molecule has 0 bridgehead atoms. The Morgan fingerprint density at radius 3 is 1.31 bits per heavy atom. The third kappa shape index (κ3) is 12.2. The zero-order chi connectivity index (χ0) is 33.6. The maximum Gasteiger partial charge on any atom is 1.00 e. The monoisotopic (exact) mass is 710 g/mol. The van der Waals surface area contributed by atoms with Gasteiger partial charge in [-0.25, -0.2) is 9.59 Å². The summed E-state index contributed by atoms with van der Waals surface area (Å²) in [5, 5.41) is 42.8. The number of carboxylic acids is 2. The zero-order valence-electron chi connectivity index (χ0n) is 26.7. The number of hydrogen-bond acceptors (Lipinski definition) is 10. The van der Waals surface area contributed by atoms with Crippen molar-refractivity contribution in [3.63, 3.8) is 0 Å². The normalized spacial score (nSPS) is 16.8. The van der Waals surface area contributed by atoms with Crippen LogP contribution in [0.2, 0.25) is 0 Å². The van der Waals surface area contributed by atoms with Crippen molar-refractivity contribution in [3.05, 3.63) is 119 Å². The molecule has 2 aliphatic heterocycles. The summed E-state index contributed by atoms with van der Waals surface area (Å²) in [4.78, 5) is 54.8. The van der Waals surface area contributed by atoms with Crippen LogP contribution in [-0.2, 0) is 48.8 Å². The molecule has 12 nitrogen and oxygen atoms in total. The molecule has 0 spiro atoms. The molecule has 0 fully saturated rings. The molecule has 0 aliphatic carbocycles. The Balaban J connectivity index is 0.000000461. The fourth-order valence-electron chi connectivity index (χ4n) is 4.36. The molecule has 4 rings (SSSR count). The number of aliphatic imine (C=N–C) groups is 2. The second-order valence-electron chi connectivity index (χ2n) is 10.3. The second kappa shape index (κ2) is 21.1. The van der Waals surface area contributed by atoms with Crippen molar-refractivity contribution < 1.29 is 85.9 Å². The number of benzene rings is 2. The maximum absolute atomic E-state index is 12.1. The first-order valence-corrected chi connectivity index (χ1v) is 14.3. The third-order valence-corrected chi connectivity index (χ3v) is 7.03. The summed E-state index contributed by atoms with van der Waals surface area (Å²) in [6, 6.07) is 16.7. The second-order valence-corrected chi connectivity index (χ2v) is 10.3. The van der Waals surface area contributed by atoms with Gasteiger partial charge in [0.1, 0.15) is 12.1 Å². The Morgan fingerprint density at radius 1 is 0.688 bits per heavy atom. The van der Waals surface area contributed by atoms with Crippen molar-refractivity contribution in [2.45, 2.75) is 38.8 Å². The van der Waals surface area contributed by atoms with Crippen LogP contribution in [0.15, 0.2) is 118 Å². The predicted molar refractivity (Wildman–Crippen MR) is 172 cm³/mol. The van der Waals surface area contributed by atoms with Crippen LogP contribution >= 0.6 is 0 Å². The Morgan fingerprint density at radius 2 is 1.02 bits per heavy atom. The van der Waals surface area contributed by atoms with Gasteiger partial charge in [-0.1, -0.05) is 60.7 Å². The van der Waals surface area contributed by atoms with E-state index in [9.17, 15) is 39.6 Å². The van der Waals surface area contributed by atoms with Gasteiger partial charge in [0.05, 0.1) is 24.6 Å². The van der Waals surface area contributed by atoms with E-state index in [4.69, 9.17) is 0 Å². The molecule has 0 amide bonds. The van der Waals surface area contributed by atoms with E-state index in [0.29, 0.717) is 22.6 Å². The smallest absolute Gasteiger partial charge is 0.480 e. The van der Waals surface area contributed by atoms with Gasteiger partial charge in [0.15, 0.2) is 0 Å². The molecule has 0 unspecified atom stereocenters. The largest absolute Gasteiger partial charge is 1.00 e. The van der Waals surface area contributed by atoms with E-state index >= 15 is 0 Å². The average Bonchev–Trinajstić information content (AvgIpc) is 3.05. The van der Waals surface area contributed by atoms with E-state index in [0.717, 1.165) is 11.1 Å². The molecule has 6 N–H and O–H groups in total. The van der Waals surface area contributed by atoms with Crippen molar-refractivity contribution in [3.8, 4) is 0 Å². The van der Waals surface area contributed by atoms with E-state index < -0.39 is 24.0 Å². The van der Waals surface area contributed by atoms with Crippen LogP contribution in [0.1, 0.15) is 25.0 Å². The summed E-state index contributed by atoms with van der Waals surface area (Å²) in [6.07, 6.45) is 6.09. The summed E-state index contributed by atoms with van der Waals surface area (Å²) in [7, 11) is 0. The Hall–Kier alpha value is -3.95. The molecular weight excluding hydrogens is 674 g/mol. The zero-order valence-corrected chi connectivity index (χ0v) is 29.8. The number of rotatable bonds is 12. The maximum atomic E-state index is 12.1. The number of carbonyl (C=O) groups excluding carboxylic acids is 2. The minimum Gasteiger partial charge on any atom is -0.480 e. The molecule has 2 aromatic rings. The first-order chi connectivity index (χ1) is 22.0. The predicted octanol–water partition coefficient (Wildman–Crippen LogP) is -0.847. The topological polar surface area (TPSA) is 198 Å². The fraction of sp³-hybridized carbons (Fsp3) is 0.235. The molecule has 0 saturated carbocycles. The third-order valence-electron chi connectivity index (χ3n) is 7.03. The molecule has 2 heterocycles. The number of ketones is 2. The summed E-state index contributed by atoms with van der Waals surface area (Å²) < 4.78 is 0. The van der Waals surface area contributed by atoms with Gasteiger partial charge in [0.25, 0.3) is 0 Å². The van der Waals surface area contributed by atoms with E-state index in [2.05, 4.69) is 20.6 Å². The Kier molecular flexibility index (Phi) is 18.5. The number of nitrogens with zero attached hydrogens (tertiary/aromatic N) is 2. The standard InChI is InChI=1S/2C17H18N2O4.Co.Na/c2*1-11-16(21)14(13(10-20)8-18-11)9-19-15(17(22)23)7-12-5-3-2-4-6-12;;/h2*2-6,8-9,15,19-20H,7,10H2,1H3,(H,22,23);;/q;;;+1/b2*14-9-;;/t2*15-;;/m00../s1. The first kappa shape index (κ1) is 42.1. The molecule has 2 atom stereocenters. The summed E-state index contributed by atoms with van der Waals surface area (Å²) in [6.45, 7) is 2.46.